The maximum atomic E-state index is 13.4. The number of carbonyl (C=O) groups is 1. The minimum Gasteiger partial charge on any atom is -0.325 e. The number of aromatic nitrogens is 2. The van der Waals surface area contributed by atoms with E-state index in [9.17, 15) is 9.59 Å². The zero-order valence-corrected chi connectivity index (χ0v) is 20.4. The Bertz CT molecular complexity index is 1370. The highest BCUT2D eigenvalue weighted by Gasteiger charge is 2.19. The molecule has 0 unspecified atom stereocenters. The smallest absolute Gasteiger partial charge is 0.263 e. The van der Waals surface area contributed by atoms with Crippen molar-refractivity contribution in [1.29, 1.82) is 0 Å². The first-order valence-corrected chi connectivity index (χ1v) is 12.1. The number of hydrogen-bond donors (Lipinski definition) is 1. The number of carbonyl (C=O) groups excluding carboxylic acids is 1. The number of thiophene rings is 1. The highest BCUT2D eigenvalue weighted by molar-refractivity contribution is 7.19. The number of fused-ring (bicyclic) bond motifs is 1. The van der Waals surface area contributed by atoms with E-state index in [4.69, 9.17) is 0 Å². The van der Waals surface area contributed by atoms with Crippen LogP contribution in [0.4, 0.5) is 5.69 Å². The lowest BCUT2D eigenvalue weighted by molar-refractivity contribution is -0.116. The minimum atomic E-state index is -0.250. The molecule has 1 amide bonds. The van der Waals surface area contributed by atoms with E-state index in [-0.39, 0.29) is 18.0 Å². The number of unbranched alkanes of at least 4 members (excludes halogenated alkanes) is 1. The van der Waals surface area contributed by atoms with E-state index in [1.165, 1.54) is 27.8 Å². The average Bonchev–Trinajstić information content (AvgIpc) is 3.13. The third-order valence-corrected chi connectivity index (χ3v) is 6.90. The second-order valence-electron chi connectivity index (χ2n) is 8.56. The van der Waals surface area contributed by atoms with E-state index in [0.717, 1.165) is 52.1 Å². The molecule has 170 valence electrons. The maximum Gasteiger partial charge on any atom is 0.263 e. The molecule has 0 aliphatic carbocycles. The molecule has 33 heavy (non-hydrogen) atoms. The number of nitrogens with one attached hydrogen (secondary N) is 1. The molecule has 0 saturated heterocycles. The van der Waals surface area contributed by atoms with Crippen molar-refractivity contribution in [2.75, 3.05) is 5.32 Å². The van der Waals surface area contributed by atoms with E-state index >= 15 is 0 Å². The van der Waals surface area contributed by atoms with Gasteiger partial charge in [0.2, 0.25) is 5.91 Å². The Kier molecular flexibility index (Phi) is 6.75. The molecule has 0 bridgehead atoms. The summed E-state index contributed by atoms with van der Waals surface area (Å²) in [5.74, 6) is -0.250. The quantitative estimate of drug-likeness (QED) is 0.367. The van der Waals surface area contributed by atoms with Crippen molar-refractivity contribution in [2.45, 2.75) is 53.5 Å². The van der Waals surface area contributed by atoms with Crippen LogP contribution in [0.2, 0.25) is 0 Å². The molecule has 0 spiro atoms. The maximum absolute atomic E-state index is 13.4. The first-order valence-electron chi connectivity index (χ1n) is 11.3. The Balaban J connectivity index is 1.61. The van der Waals surface area contributed by atoms with Crippen molar-refractivity contribution in [3.8, 4) is 11.1 Å². The fraction of sp³-hybridized carbons (Fsp3) is 0.296. The highest BCUT2D eigenvalue weighted by Crippen LogP contribution is 2.37. The Morgan fingerprint density at radius 2 is 1.85 bits per heavy atom. The molecule has 0 fully saturated rings. The minimum absolute atomic E-state index is 0.0828. The first-order chi connectivity index (χ1) is 15.9. The Morgan fingerprint density at radius 1 is 1.09 bits per heavy atom. The summed E-state index contributed by atoms with van der Waals surface area (Å²) in [4.78, 5) is 32.4. The van der Waals surface area contributed by atoms with Crippen molar-refractivity contribution in [2.24, 2.45) is 0 Å². The van der Waals surface area contributed by atoms with Gasteiger partial charge in [0.1, 0.15) is 11.4 Å². The number of rotatable bonds is 7. The predicted molar refractivity (Wildman–Crippen MR) is 137 cm³/mol. The van der Waals surface area contributed by atoms with E-state index in [2.05, 4.69) is 35.4 Å². The third-order valence-electron chi connectivity index (χ3n) is 5.89. The number of nitrogens with zero attached hydrogens (tertiary/aromatic N) is 2. The van der Waals surface area contributed by atoms with Crippen molar-refractivity contribution >= 4 is 33.1 Å². The first kappa shape index (κ1) is 22.9. The SMILES string of the molecule is CCCCc1ccc(NC(=O)Cn2cnc3sc(C)c(-c4cc(C)ccc4C)c3c2=O)cc1. The van der Waals surface area contributed by atoms with Gasteiger partial charge in [-0.15, -0.1) is 11.3 Å². The van der Waals surface area contributed by atoms with E-state index < -0.39 is 0 Å². The van der Waals surface area contributed by atoms with Crippen LogP contribution in [0.1, 0.15) is 41.3 Å². The molecule has 0 saturated carbocycles. The predicted octanol–water partition coefficient (Wildman–Crippen LogP) is 6.03. The standard InChI is InChI=1S/C27H29N3O2S/c1-5-6-7-20-10-12-21(13-11-20)29-23(31)15-30-16-28-26-25(27(30)32)24(19(4)33-26)22-14-17(2)8-9-18(22)3/h8-14,16H,5-7,15H2,1-4H3,(H,29,31). The lowest BCUT2D eigenvalue weighted by Gasteiger charge is -2.10. The number of anilines is 1. The van der Waals surface area contributed by atoms with Gasteiger partial charge >= 0.3 is 0 Å². The molecule has 0 radical (unpaired) electrons. The largest absolute Gasteiger partial charge is 0.325 e. The van der Waals surface area contributed by atoms with Gasteiger partial charge in [0.05, 0.1) is 11.7 Å². The summed E-state index contributed by atoms with van der Waals surface area (Å²) in [6.45, 7) is 8.20. The van der Waals surface area contributed by atoms with Crippen molar-refractivity contribution in [3.63, 3.8) is 0 Å². The summed E-state index contributed by atoms with van der Waals surface area (Å²) in [5, 5.41) is 3.48. The lowest BCUT2D eigenvalue weighted by Crippen LogP contribution is -2.27. The van der Waals surface area contributed by atoms with Gasteiger partial charge in [-0.1, -0.05) is 49.2 Å². The molecule has 0 atom stereocenters. The van der Waals surface area contributed by atoms with Gasteiger partial charge < -0.3 is 5.32 Å². The molecule has 5 nitrogen and oxygen atoms in total. The lowest BCUT2D eigenvalue weighted by atomic mass is 9.97. The zero-order chi connectivity index (χ0) is 23.5. The van der Waals surface area contributed by atoms with Gasteiger partial charge in [-0.25, -0.2) is 4.98 Å². The molecule has 0 aliphatic heterocycles. The molecule has 2 aromatic heterocycles. The number of amides is 1. The summed E-state index contributed by atoms with van der Waals surface area (Å²) in [6.07, 6.45) is 4.81. The van der Waals surface area contributed by atoms with E-state index in [1.54, 1.807) is 0 Å². The molecule has 2 heterocycles. The fourth-order valence-electron chi connectivity index (χ4n) is 4.07. The van der Waals surface area contributed by atoms with Gasteiger partial charge in [-0.3, -0.25) is 14.2 Å². The van der Waals surface area contributed by atoms with Gasteiger partial charge in [-0.05, 0) is 62.4 Å². The number of benzene rings is 2. The third kappa shape index (κ3) is 4.91. The second kappa shape index (κ2) is 9.71. The van der Waals surface area contributed by atoms with Gasteiger partial charge in [-0.2, -0.15) is 0 Å². The van der Waals surface area contributed by atoms with Crippen LogP contribution < -0.4 is 10.9 Å². The van der Waals surface area contributed by atoms with Crippen molar-refractivity contribution in [3.05, 3.63) is 80.7 Å². The van der Waals surface area contributed by atoms with Crippen LogP contribution in [-0.4, -0.2) is 15.5 Å². The summed E-state index contributed by atoms with van der Waals surface area (Å²) in [5.41, 5.74) is 6.01. The highest BCUT2D eigenvalue weighted by atomic mass is 32.1. The summed E-state index contributed by atoms with van der Waals surface area (Å²) in [7, 11) is 0. The molecule has 0 aliphatic rings. The van der Waals surface area contributed by atoms with E-state index in [0.29, 0.717) is 10.2 Å². The molecular weight excluding hydrogens is 430 g/mol. The van der Waals surface area contributed by atoms with Crippen LogP contribution >= 0.6 is 11.3 Å². The van der Waals surface area contributed by atoms with Crippen LogP contribution in [0.3, 0.4) is 0 Å². The molecule has 2 aromatic carbocycles. The molecule has 1 N–H and O–H groups in total. The molecular formula is C27H29N3O2S. The summed E-state index contributed by atoms with van der Waals surface area (Å²) >= 11 is 1.51. The second-order valence-corrected chi connectivity index (χ2v) is 9.76. The Labute approximate surface area is 198 Å². The molecule has 4 aromatic rings. The van der Waals surface area contributed by atoms with Gasteiger partial charge in [0.25, 0.3) is 5.56 Å². The Morgan fingerprint density at radius 3 is 2.58 bits per heavy atom. The number of aryl methyl sites for hydroxylation is 4. The van der Waals surface area contributed by atoms with Crippen LogP contribution in [0.15, 0.2) is 53.6 Å². The average molecular weight is 460 g/mol. The topological polar surface area (TPSA) is 64.0 Å². The van der Waals surface area contributed by atoms with Crippen molar-refractivity contribution in [1.82, 2.24) is 9.55 Å². The summed E-state index contributed by atoms with van der Waals surface area (Å²) < 4.78 is 1.40. The normalized spacial score (nSPS) is 11.2. The summed E-state index contributed by atoms with van der Waals surface area (Å²) in [6, 6.07) is 14.1. The molecule has 6 heteroatoms. The van der Waals surface area contributed by atoms with Crippen molar-refractivity contribution < 1.29 is 4.79 Å². The van der Waals surface area contributed by atoms with E-state index in [1.807, 2.05) is 45.0 Å². The van der Waals surface area contributed by atoms with Crippen LogP contribution in [0.5, 0.6) is 0 Å². The van der Waals surface area contributed by atoms with Crippen LogP contribution in [-0.2, 0) is 17.8 Å². The van der Waals surface area contributed by atoms with Gasteiger partial charge in [0.15, 0.2) is 0 Å². The van der Waals surface area contributed by atoms with Gasteiger partial charge in [0, 0.05) is 16.1 Å². The monoisotopic (exact) mass is 459 g/mol. The molecule has 4 rings (SSSR count). The Hall–Kier alpha value is -3.25. The van der Waals surface area contributed by atoms with Crippen LogP contribution in [0.25, 0.3) is 21.3 Å². The zero-order valence-electron chi connectivity index (χ0n) is 19.6. The van der Waals surface area contributed by atoms with Crippen LogP contribution in [0, 0.1) is 20.8 Å². The number of hydrogen-bond acceptors (Lipinski definition) is 4. The fourth-order valence-corrected chi connectivity index (χ4v) is 5.07.